The van der Waals surface area contributed by atoms with Crippen LogP contribution in [0.2, 0.25) is 0 Å². The first-order valence-corrected chi connectivity index (χ1v) is 8.68. The molecule has 0 aliphatic carbocycles. The van der Waals surface area contributed by atoms with Crippen LogP contribution in [0, 0.1) is 5.92 Å². The highest BCUT2D eigenvalue weighted by atomic mass is 16.6. The van der Waals surface area contributed by atoms with Crippen molar-refractivity contribution < 1.29 is 14.3 Å². The quantitative estimate of drug-likeness (QED) is 0.872. The Kier molecular flexibility index (Phi) is 4.70. The van der Waals surface area contributed by atoms with E-state index >= 15 is 0 Å². The van der Waals surface area contributed by atoms with E-state index in [1.807, 2.05) is 51.2 Å². The molecule has 2 aromatic rings. The molecule has 0 bridgehead atoms. The van der Waals surface area contributed by atoms with Gasteiger partial charge in [-0.05, 0) is 57.9 Å². The smallest absolute Gasteiger partial charge is 0.410 e. The molecular formula is C19H25N3O3. The Morgan fingerprint density at radius 3 is 2.60 bits per heavy atom. The summed E-state index contributed by atoms with van der Waals surface area (Å²) in [6.07, 6.45) is 2.88. The fourth-order valence-corrected chi connectivity index (χ4v) is 3.03. The molecule has 1 fully saturated rings. The highest BCUT2D eigenvalue weighted by Crippen LogP contribution is 2.23. The third kappa shape index (κ3) is 4.32. The standard InChI is InChI=1S/C19H25N3O3/c1-19(2,3)25-18(24)22-10-7-13(8-11-22)17(23)21-15-4-5-16-14(12-15)6-9-20-16/h4-6,9,12-13,20H,7-8,10-11H2,1-3H3,(H,21,23). The zero-order chi connectivity index (χ0) is 18.0. The number of carbonyl (C=O) groups excluding carboxylic acids is 2. The molecular weight excluding hydrogens is 318 g/mol. The van der Waals surface area contributed by atoms with Gasteiger partial charge in [-0.15, -0.1) is 0 Å². The lowest BCUT2D eigenvalue weighted by Crippen LogP contribution is -2.43. The molecule has 0 saturated carbocycles. The molecule has 0 atom stereocenters. The predicted octanol–water partition coefficient (Wildman–Crippen LogP) is 3.75. The van der Waals surface area contributed by atoms with Crippen molar-refractivity contribution in [3.63, 3.8) is 0 Å². The molecule has 1 aromatic heterocycles. The van der Waals surface area contributed by atoms with Crippen molar-refractivity contribution in [2.75, 3.05) is 18.4 Å². The Labute approximate surface area is 147 Å². The van der Waals surface area contributed by atoms with Crippen molar-refractivity contribution in [1.29, 1.82) is 0 Å². The monoisotopic (exact) mass is 343 g/mol. The molecule has 3 rings (SSSR count). The molecule has 0 unspecified atom stereocenters. The van der Waals surface area contributed by atoms with E-state index in [4.69, 9.17) is 4.74 Å². The average Bonchev–Trinajstić information content (AvgIpc) is 3.01. The van der Waals surface area contributed by atoms with Crippen LogP contribution in [0.15, 0.2) is 30.5 Å². The van der Waals surface area contributed by atoms with E-state index in [-0.39, 0.29) is 17.9 Å². The number of hydrogen-bond donors (Lipinski definition) is 2. The molecule has 6 heteroatoms. The van der Waals surface area contributed by atoms with Gasteiger partial charge >= 0.3 is 6.09 Å². The molecule has 25 heavy (non-hydrogen) atoms. The average molecular weight is 343 g/mol. The number of anilines is 1. The van der Waals surface area contributed by atoms with Crippen LogP contribution in [0.5, 0.6) is 0 Å². The summed E-state index contributed by atoms with van der Waals surface area (Å²) in [7, 11) is 0. The largest absolute Gasteiger partial charge is 0.444 e. The molecule has 134 valence electrons. The lowest BCUT2D eigenvalue weighted by molar-refractivity contribution is -0.121. The number of hydrogen-bond acceptors (Lipinski definition) is 3. The number of aromatic amines is 1. The van der Waals surface area contributed by atoms with Crippen LogP contribution >= 0.6 is 0 Å². The van der Waals surface area contributed by atoms with E-state index in [9.17, 15) is 9.59 Å². The highest BCUT2D eigenvalue weighted by molar-refractivity contribution is 5.95. The lowest BCUT2D eigenvalue weighted by atomic mass is 9.96. The summed E-state index contributed by atoms with van der Waals surface area (Å²) < 4.78 is 5.39. The second kappa shape index (κ2) is 6.78. The number of amides is 2. The van der Waals surface area contributed by atoms with E-state index in [2.05, 4.69) is 10.3 Å². The number of likely N-dealkylation sites (tertiary alicyclic amines) is 1. The van der Waals surface area contributed by atoms with Crippen LogP contribution in [0.1, 0.15) is 33.6 Å². The Bertz CT molecular complexity index is 768. The van der Waals surface area contributed by atoms with Gasteiger partial charge in [0.15, 0.2) is 0 Å². The Balaban J connectivity index is 1.53. The first kappa shape index (κ1) is 17.3. The third-order valence-electron chi connectivity index (χ3n) is 4.34. The number of fused-ring (bicyclic) bond motifs is 1. The third-order valence-corrected chi connectivity index (χ3v) is 4.34. The number of nitrogens with zero attached hydrogens (tertiary/aromatic N) is 1. The molecule has 2 heterocycles. The van der Waals surface area contributed by atoms with Crippen molar-refractivity contribution in [3.05, 3.63) is 30.5 Å². The minimum absolute atomic E-state index is 0.0127. The van der Waals surface area contributed by atoms with Gasteiger partial charge < -0.3 is 19.9 Å². The fraction of sp³-hybridized carbons (Fsp3) is 0.474. The topological polar surface area (TPSA) is 74.4 Å². The molecule has 1 aliphatic rings. The molecule has 0 spiro atoms. The van der Waals surface area contributed by atoms with Crippen LogP contribution in [0.4, 0.5) is 10.5 Å². The minimum atomic E-state index is -0.498. The van der Waals surface area contributed by atoms with E-state index in [0.29, 0.717) is 25.9 Å². The van der Waals surface area contributed by atoms with Gasteiger partial charge in [-0.25, -0.2) is 4.79 Å². The summed E-state index contributed by atoms with van der Waals surface area (Å²) in [5.74, 6) is -0.0701. The Morgan fingerprint density at radius 2 is 1.92 bits per heavy atom. The van der Waals surface area contributed by atoms with Gasteiger partial charge in [0.25, 0.3) is 0 Å². The van der Waals surface area contributed by atoms with Crippen LogP contribution in [-0.4, -0.2) is 40.6 Å². The maximum Gasteiger partial charge on any atom is 0.410 e. The van der Waals surface area contributed by atoms with Crippen molar-refractivity contribution in [3.8, 4) is 0 Å². The number of rotatable bonds is 2. The summed E-state index contributed by atoms with van der Waals surface area (Å²) in [6.45, 7) is 6.65. The molecule has 2 amide bonds. The van der Waals surface area contributed by atoms with E-state index in [0.717, 1.165) is 16.6 Å². The molecule has 2 N–H and O–H groups in total. The van der Waals surface area contributed by atoms with Crippen molar-refractivity contribution in [1.82, 2.24) is 9.88 Å². The van der Waals surface area contributed by atoms with Crippen LogP contribution in [-0.2, 0) is 9.53 Å². The van der Waals surface area contributed by atoms with Gasteiger partial charge in [0.1, 0.15) is 5.60 Å². The number of H-pyrrole nitrogens is 1. The zero-order valence-corrected chi connectivity index (χ0v) is 15.0. The zero-order valence-electron chi connectivity index (χ0n) is 15.0. The Morgan fingerprint density at radius 1 is 1.20 bits per heavy atom. The van der Waals surface area contributed by atoms with Crippen LogP contribution in [0.3, 0.4) is 0 Å². The molecule has 1 saturated heterocycles. The molecule has 1 aliphatic heterocycles. The normalized spacial score (nSPS) is 16.0. The minimum Gasteiger partial charge on any atom is -0.444 e. The number of aromatic nitrogens is 1. The summed E-state index contributed by atoms with van der Waals surface area (Å²) in [5.41, 5.74) is 1.35. The van der Waals surface area contributed by atoms with Crippen molar-refractivity contribution in [2.24, 2.45) is 5.92 Å². The van der Waals surface area contributed by atoms with Gasteiger partial charge in [-0.2, -0.15) is 0 Å². The SMILES string of the molecule is CC(C)(C)OC(=O)N1CCC(C(=O)Nc2ccc3[nH]ccc3c2)CC1. The summed E-state index contributed by atoms with van der Waals surface area (Å²) in [4.78, 5) is 29.4. The van der Waals surface area contributed by atoms with Gasteiger partial charge in [0.2, 0.25) is 5.91 Å². The number of ether oxygens (including phenoxy) is 1. The van der Waals surface area contributed by atoms with E-state index < -0.39 is 5.60 Å². The maximum absolute atomic E-state index is 12.5. The number of benzene rings is 1. The number of carbonyl (C=O) groups is 2. The first-order chi connectivity index (χ1) is 11.8. The first-order valence-electron chi connectivity index (χ1n) is 8.68. The van der Waals surface area contributed by atoms with Gasteiger partial charge in [-0.3, -0.25) is 4.79 Å². The highest BCUT2D eigenvalue weighted by Gasteiger charge is 2.29. The number of nitrogens with one attached hydrogen (secondary N) is 2. The predicted molar refractivity (Wildman–Crippen MR) is 97.5 cm³/mol. The number of piperidine rings is 1. The van der Waals surface area contributed by atoms with Gasteiger partial charge in [0, 0.05) is 41.8 Å². The second-order valence-electron chi connectivity index (χ2n) is 7.51. The van der Waals surface area contributed by atoms with E-state index in [1.165, 1.54) is 0 Å². The van der Waals surface area contributed by atoms with Crippen molar-refractivity contribution >= 4 is 28.6 Å². The van der Waals surface area contributed by atoms with Crippen molar-refractivity contribution in [2.45, 2.75) is 39.2 Å². The maximum atomic E-state index is 12.5. The molecule has 1 aromatic carbocycles. The molecule has 0 radical (unpaired) electrons. The fourth-order valence-electron chi connectivity index (χ4n) is 3.03. The van der Waals surface area contributed by atoms with E-state index in [1.54, 1.807) is 4.90 Å². The van der Waals surface area contributed by atoms with Gasteiger partial charge in [-0.1, -0.05) is 0 Å². The summed E-state index contributed by atoms with van der Waals surface area (Å²) >= 11 is 0. The summed E-state index contributed by atoms with van der Waals surface area (Å²) in [5, 5.41) is 4.06. The second-order valence-corrected chi connectivity index (χ2v) is 7.51. The molecule has 6 nitrogen and oxygen atoms in total. The Hall–Kier alpha value is -2.50. The summed E-state index contributed by atoms with van der Waals surface area (Å²) in [6, 6.07) is 7.78. The van der Waals surface area contributed by atoms with Crippen LogP contribution in [0.25, 0.3) is 10.9 Å². The lowest BCUT2D eigenvalue weighted by Gasteiger charge is -2.32. The van der Waals surface area contributed by atoms with Gasteiger partial charge in [0.05, 0.1) is 0 Å². The van der Waals surface area contributed by atoms with Crippen LogP contribution < -0.4 is 5.32 Å².